The number of carbonyl (C=O) groups is 1. The highest BCUT2D eigenvalue weighted by atomic mass is 32.1. The number of carbonyl (C=O) groups excluding carboxylic acids is 1. The zero-order valence-electron chi connectivity index (χ0n) is 16.0. The molecule has 0 spiro atoms. The fraction of sp³-hybridized carbons (Fsp3) is 0.136. The van der Waals surface area contributed by atoms with E-state index in [0.29, 0.717) is 26.2 Å². The molecule has 1 unspecified atom stereocenters. The monoisotopic (exact) mass is 440 g/mol. The molecule has 1 atom stereocenters. The minimum absolute atomic E-state index is 0.0712. The van der Waals surface area contributed by atoms with Crippen molar-refractivity contribution in [3.05, 3.63) is 102 Å². The molecule has 2 aromatic heterocycles. The quantitative estimate of drug-likeness (QED) is 0.452. The summed E-state index contributed by atoms with van der Waals surface area (Å²) in [7, 11) is 0. The molecule has 0 amide bonds. The first-order valence-corrected chi connectivity index (χ1v) is 10.8. The van der Waals surface area contributed by atoms with Crippen molar-refractivity contribution in [1.29, 1.82) is 0 Å². The van der Waals surface area contributed by atoms with Crippen molar-refractivity contribution in [2.45, 2.75) is 13.0 Å². The van der Waals surface area contributed by atoms with Crippen molar-refractivity contribution in [2.75, 3.05) is 6.61 Å². The zero-order chi connectivity index (χ0) is 21.3. The standard InChI is InChI=1S/C22H17FN2O3S2/c1-3-10-28-21(27)18-13(2)24-22-25(19(18)16-5-4-11-29-16)20(26)17(30-22)12-14-6-8-15(23)9-7-14/h3-9,11-12,19H,1,10H2,2H3/b17-12-. The third kappa shape index (κ3) is 3.71. The lowest BCUT2D eigenvalue weighted by Gasteiger charge is -2.23. The Morgan fingerprint density at radius 3 is 2.77 bits per heavy atom. The first-order chi connectivity index (χ1) is 14.5. The first kappa shape index (κ1) is 20.2. The number of allylic oxidation sites excluding steroid dienone is 1. The molecule has 0 saturated heterocycles. The average molecular weight is 441 g/mol. The Hall–Kier alpha value is -3.10. The maximum Gasteiger partial charge on any atom is 0.338 e. The Morgan fingerprint density at radius 1 is 1.33 bits per heavy atom. The molecule has 0 fully saturated rings. The summed E-state index contributed by atoms with van der Waals surface area (Å²) in [6.45, 7) is 5.38. The smallest absolute Gasteiger partial charge is 0.338 e. The van der Waals surface area contributed by atoms with E-state index in [4.69, 9.17) is 4.74 Å². The van der Waals surface area contributed by atoms with Gasteiger partial charge >= 0.3 is 5.97 Å². The lowest BCUT2D eigenvalue weighted by Crippen LogP contribution is -2.39. The van der Waals surface area contributed by atoms with Gasteiger partial charge in [-0.25, -0.2) is 14.2 Å². The molecule has 152 valence electrons. The number of benzene rings is 1. The summed E-state index contributed by atoms with van der Waals surface area (Å²) in [5.74, 6) is -0.869. The molecule has 0 radical (unpaired) electrons. The van der Waals surface area contributed by atoms with Crippen LogP contribution in [-0.2, 0) is 9.53 Å². The first-order valence-electron chi connectivity index (χ1n) is 9.09. The van der Waals surface area contributed by atoms with E-state index in [1.807, 2.05) is 17.5 Å². The van der Waals surface area contributed by atoms with Crippen LogP contribution in [0, 0.1) is 5.82 Å². The molecule has 4 rings (SSSR count). The maximum atomic E-state index is 13.3. The SMILES string of the molecule is C=CCOC(=O)C1=C(C)N=c2s/c(=C\c3ccc(F)cc3)c(=O)n2C1c1cccs1. The number of hydrogen-bond acceptors (Lipinski definition) is 6. The van der Waals surface area contributed by atoms with Gasteiger partial charge in [0.15, 0.2) is 4.80 Å². The van der Waals surface area contributed by atoms with Gasteiger partial charge in [0.25, 0.3) is 5.56 Å². The largest absolute Gasteiger partial charge is 0.458 e. The Morgan fingerprint density at radius 2 is 2.10 bits per heavy atom. The number of thiazole rings is 1. The summed E-state index contributed by atoms with van der Waals surface area (Å²) in [6, 6.07) is 9.03. The second-order valence-corrected chi connectivity index (χ2v) is 8.52. The number of aromatic nitrogens is 1. The molecule has 3 aromatic rings. The molecule has 30 heavy (non-hydrogen) atoms. The Labute approximate surface area is 179 Å². The third-order valence-electron chi connectivity index (χ3n) is 4.55. The highest BCUT2D eigenvalue weighted by Gasteiger charge is 2.33. The van der Waals surface area contributed by atoms with Crippen molar-refractivity contribution >= 4 is 34.7 Å². The van der Waals surface area contributed by atoms with E-state index in [1.54, 1.807) is 25.1 Å². The molecule has 1 aromatic carbocycles. The minimum atomic E-state index is -0.617. The Bertz CT molecular complexity index is 1320. The van der Waals surface area contributed by atoms with Gasteiger partial charge in [-0.1, -0.05) is 42.2 Å². The van der Waals surface area contributed by atoms with Crippen LogP contribution in [0.15, 0.2) is 75.5 Å². The summed E-state index contributed by atoms with van der Waals surface area (Å²) in [6.07, 6.45) is 3.19. The van der Waals surface area contributed by atoms with Gasteiger partial charge in [-0.2, -0.15) is 0 Å². The molecule has 0 saturated carbocycles. The van der Waals surface area contributed by atoms with Gasteiger partial charge in [-0.3, -0.25) is 9.36 Å². The van der Waals surface area contributed by atoms with Gasteiger partial charge in [-0.15, -0.1) is 11.3 Å². The number of rotatable bonds is 5. The summed E-state index contributed by atoms with van der Waals surface area (Å²) >= 11 is 2.69. The summed E-state index contributed by atoms with van der Waals surface area (Å²) in [5, 5.41) is 1.89. The van der Waals surface area contributed by atoms with Crippen molar-refractivity contribution in [2.24, 2.45) is 4.99 Å². The zero-order valence-corrected chi connectivity index (χ0v) is 17.6. The Balaban J connectivity index is 1.90. The van der Waals surface area contributed by atoms with Crippen LogP contribution in [0.3, 0.4) is 0 Å². The number of nitrogens with zero attached hydrogens (tertiary/aromatic N) is 2. The molecule has 3 heterocycles. The lowest BCUT2D eigenvalue weighted by atomic mass is 10.0. The van der Waals surface area contributed by atoms with Crippen LogP contribution in [0.4, 0.5) is 4.39 Å². The molecule has 5 nitrogen and oxygen atoms in total. The Kier molecular flexibility index (Phi) is 5.61. The second-order valence-electron chi connectivity index (χ2n) is 6.54. The molecule has 0 bridgehead atoms. The van der Waals surface area contributed by atoms with E-state index in [2.05, 4.69) is 11.6 Å². The van der Waals surface area contributed by atoms with E-state index < -0.39 is 12.0 Å². The lowest BCUT2D eigenvalue weighted by molar-refractivity contribution is -0.138. The van der Waals surface area contributed by atoms with Gasteiger partial charge in [0.2, 0.25) is 0 Å². The number of halogens is 1. The van der Waals surface area contributed by atoms with E-state index in [1.165, 1.54) is 45.4 Å². The van der Waals surface area contributed by atoms with Crippen LogP contribution in [0.1, 0.15) is 23.4 Å². The second kappa shape index (κ2) is 8.33. The highest BCUT2D eigenvalue weighted by molar-refractivity contribution is 7.10. The number of hydrogen-bond donors (Lipinski definition) is 0. The van der Waals surface area contributed by atoms with Crippen molar-refractivity contribution in [3.8, 4) is 0 Å². The number of fused-ring (bicyclic) bond motifs is 1. The molecule has 0 N–H and O–H groups in total. The van der Waals surface area contributed by atoms with Crippen LogP contribution >= 0.6 is 22.7 Å². The van der Waals surface area contributed by atoms with E-state index >= 15 is 0 Å². The van der Waals surface area contributed by atoms with Crippen LogP contribution in [0.2, 0.25) is 0 Å². The molecule has 1 aliphatic heterocycles. The fourth-order valence-electron chi connectivity index (χ4n) is 3.22. The van der Waals surface area contributed by atoms with Crippen LogP contribution in [-0.4, -0.2) is 17.1 Å². The van der Waals surface area contributed by atoms with Crippen LogP contribution in [0.5, 0.6) is 0 Å². The molecule has 8 heteroatoms. The van der Waals surface area contributed by atoms with E-state index in [9.17, 15) is 14.0 Å². The van der Waals surface area contributed by atoms with Gasteiger partial charge < -0.3 is 4.74 Å². The van der Waals surface area contributed by atoms with Crippen molar-refractivity contribution in [1.82, 2.24) is 4.57 Å². The number of esters is 1. The topological polar surface area (TPSA) is 60.7 Å². The normalized spacial score (nSPS) is 16.2. The van der Waals surface area contributed by atoms with Crippen LogP contribution in [0.25, 0.3) is 6.08 Å². The predicted molar refractivity (Wildman–Crippen MR) is 116 cm³/mol. The fourth-order valence-corrected chi connectivity index (χ4v) is 5.09. The summed E-state index contributed by atoms with van der Waals surface area (Å²) < 4.78 is 20.5. The van der Waals surface area contributed by atoms with Gasteiger partial charge in [0.05, 0.1) is 15.8 Å². The summed E-state index contributed by atoms with van der Waals surface area (Å²) in [4.78, 5) is 31.9. The van der Waals surface area contributed by atoms with Gasteiger partial charge in [0.1, 0.15) is 18.5 Å². The predicted octanol–water partition coefficient (Wildman–Crippen LogP) is 3.17. The minimum Gasteiger partial charge on any atom is -0.458 e. The van der Waals surface area contributed by atoms with Gasteiger partial charge in [0, 0.05) is 4.88 Å². The maximum absolute atomic E-state index is 13.3. The van der Waals surface area contributed by atoms with E-state index in [-0.39, 0.29) is 18.0 Å². The molecule has 0 aliphatic carbocycles. The van der Waals surface area contributed by atoms with E-state index in [0.717, 1.165) is 4.88 Å². The third-order valence-corrected chi connectivity index (χ3v) is 6.46. The highest BCUT2D eigenvalue weighted by Crippen LogP contribution is 2.33. The van der Waals surface area contributed by atoms with Crippen molar-refractivity contribution in [3.63, 3.8) is 0 Å². The van der Waals surface area contributed by atoms with Crippen LogP contribution < -0.4 is 14.9 Å². The van der Waals surface area contributed by atoms with Gasteiger partial charge in [-0.05, 0) is 42.1 Å². The molecular weight excluding hydrogens is 423 g/mol. The molecule has 1 aliphatic rings. The molecular formula is C22H17FN2O3S2. The average Bonchev–Trinajstić information content (AvgIpc) is 3.36. The van der Waals surface area contributed by atoms with Crippen molar-refractivity contribution < 1.29 is 13.9 Å². The number of thiophene rings is 1. The summed E-state index contributed by atoms with van der Waals surface area (Å²) in [5.41, 5.74) is 1.29. The number of ether oxygens (including phenoxy) is 1.